The largest absolute Gasteiger partial charge is 0.358 e. The zero-order valence-corrected chi connectivity index (χ0v) is 15.4. The molecule has 0 radical (unpaired) electrons. The van der Waals surface area contributed by atoms with Crippen LogP contribution in [0, 0.1) is 6.92 Å². The van der Waals surface area contributed by atoms with E-state index in [2.05, 4.69) is 65.9 Å². The van der Waals surface area contributed by atoms with E-state index in [1.54, 1.807) is 0 Å². The van der Waals surface area contributed by atoms with E-state index in [0.717, 1.165) is 29.8 Å². The molecule has 3 aromatic carbocycles. The molecule has 0 unspecified atom stereocenters. The number of aromatic nitrogens is 1. The first-order valence-corrected chi connectivity index (χ1v) is 9.30. The number of hydrazone groups is 1. The van der Waals surface area contributed by atoms with Gasteiger partial charge in [0.2, 0.25) is 0 Å². The van der Waals surface area contributed by atoms with Gasteiger partial charge in [-0.15, -0.1) is 0 Å². The maximum atomic E-state index is 4.73. The van der Waals surface area contributed by atoms with Gasteiger partial charge in [0.05, 0.1) is 11.4 Å². The summed E-state index contributed by atoms with van der Waals surface area (Å²) < 4.78 is 0. The average Bonchev–Trinajstić information content (AvgIpc) is 3.04. The van der Waals surface area contributed by atoms with E-state index in [0.29, 0.717) is 0 Å². The Morgan fingerprint density at radius 1 is 0.852 bits per heavy atom. The zero-order chi connectivity index (χ0) is 18.5. The van der Waals surface area contributed by atoms with Gasteiger partial charge < -0.3 is 4.98 Å². The van der Waals surface area contributed by atoms with Crippen LogP contribution in [0.4, 0.5) is 5.69 Å². The molecule has 0 aliphatic rings. The highest BCUT2D eigenvalue weighted by Crippen LogP contribution is 2.24. The lowest BCUT2D eigenvalue weighted by atomic mass is 10.00. The minimum atomic E-state index is 0.868. The van der Waals surface area contributed by atoms with Gasteiger partial charge in [0.25, 0.3) is 0 Å². The van der Waals surface area contributed by atoms with Crippen molar-refractivity contribution in [2.45, 2.75) is 19.8 Å². The lowest BCUT2D eigenvalue weighted by Crippen LogP contribution is -2.06. The van der Waals surface area contributed by atoms with E-state index in [4.69, 9.17) is 5.10 Å². The second-order valence-electron chi connectivity index (χ2n) is 6.68. The number of hydrogen-bond donors (Lipinski definition) is 2. The quantitative estimate of drug-likeness (QED) is 0.327. The summed E-state index contributed by atoms with van der Waals surface area (Å²) in [7, 11) is 0. The Balaban J connectivity index is 1.60. The fourth-order valence-electron chi connectivity index (χ4n) is 3.44. The SMILES string of the molecule is Cc1[nH]c2ccccc2c1CC/C(=N\Nc1ccccc1)c1ccccc1. The van der Waals surface area contributed by atoms with Crippen molar-refractivity contribution in [2.24, 2.45) is 5.10 Å². The molecule has 1 heterocycles. The third kappa shape index (κ3) is 3.93. The summed E-state index contributed by atoms with van der Waals surface area (Å²) in [4.78, 5) is 3.49. The van der Waals surface area contributed by atoms with Crippen molar-refractivity contribution in [3.8, 4) is 0 Å². The van der Waals surface area contributed by atoms with Gasteiger partial charge in [-0.3, -0.25) is 5.43 Å². The Hall–Kier alpha value is -3.33. The number of hydrogen-bond acceptors (Lipinski definition) is 2. The number of aromatic amines is 1. The molecule has 0 amide bonds. The minimum Gasteiger partial charge on any atom is -0.358 e. The highest BCUT2D eigenvalue weighted by atomic mass is 15.3. The molecule has 0 fully saturated rings. The van der Waals surface area contributed by atoms with Gasteiger partial charge in [0.1, 0.15) is 0 Å². The van der Waals surface area contributed by atoms with Crippen LogP contribution in [0.25, 0.3) is 10.9 Å². The highest BCUT2D eigenvalue weighted by Gasteiger charge is 2.11. The van der Waals surface area contributed by atoms with Crippen LogP contribution in [0.15, 0.2) is 90.0 Å². The Labute approximate surface area is 159 Å². The molecule has 0 saturated carbocycles. The van der Waals surface area contributed by atoms with E-state index >= 15 is 0 Å². The number of aryl methyl sites for hydroxylation is 2. The molecule has 3 nitrogen and oxygen atoms in total. The summed E-state index contributed by atoms with van der Waals surface area (Å²) in [5.41, 5.74) is 10.2. The van der Waals surface area contributed by atoms with Crippen LogP contribution in [0.5, 0.6) is 0 Å². The molecule has 0 spiro atoms. The second kappa shape index (κ2) is 7.92. The first-order chi connectivity index (χ1) is 13.3. The van der Waals surface area contributed by atoms with Crippen LogP contribution in [0.3, 0.4) is 0 Å². The number of anilines is 1. The highest BCUT2D eigenvalue weighted by molar-refractivity contribution is 6.01. The molecular weight excluding hydrogens is 330 g/mol. The maximum Gasteiger partial charge on any atom is 0.0682 e. The number of rotatable bonds is 6. The third-order valence-electron chi connectivity index (χ3n) is 4.84. The summed E-state index contributed by atoms with van der Waals surface area (Å²) in [5.74, 6) is 0. The molecule has 0 aliphatic carbocycles. The van der Waals surface area contributed by atoms with Gasteiger partial charge in [-0.25, -0.2) is 0 Å². The summed E-state index contributed by atoms with van der Waals surface area (Å²) in [6.45, 7) is 2.15. The van der Waals surface area contributed by atoms with Gasteiger partial charge in [-0.2, -0.15) is 5.10 Å². The second-order valence-corrected chi connectivity index (χ2v) is 6.68. The molecule has 0 atom stereocenters. The topological polar surface area (TPSA) is 40.2 Å². The van der Waals surface area contributed by atoms with Gasteiger partial charge in [0, 0.05) is 16.6 Å². The predicted molar refractivity (Wildman–Crippen MR) is 114 cm³/mol. The van der Waals surface area contributed by atoms with Gasteiger partial charge in [-0.05, 0) is 49.1 Å². The number of nitrogens with zero attached hydrogens (tertiary/aromatic N) is 1. The molecule has 1 aromatic heterocycles. The van der Waals surface area contributed by atoms with Crippen LogP contribution in [0.1, 0.15) is 23.2 Å². The smallest absolute Gasteiger partial charge is 0.0682 e. The number of fused-ring (bicyclic) bond motifs is 1. The number of benzene rings is 3. The molecule has 4 rings (SSSR count). The fourth-order valence-corrected chi connectivity index (χ4v) is 3.44. The van der Waals surface area contributed by atoms with Crippen LogP contribution < -0.4 is 5.43 Å². The van der Waals surface area contributed by atoms with Crippen molar-refractivity contribution in [3.63, 3.8) is 0 Å². The predicted octanol–water partition coefficient (Wildman–Crippen LogP) is 5.93. The van der Waals surface area contributed by atoms with E-state index in [1.807, 2.05) is 36.4 Å². The van der Waals surface area contributed by atoms with Gasteiger partial charge in [0.15, 0.2) is 0 Å². The summed E-state index contributed by atoms with van der Waals surface area (Å²) >= 11 is 0. The van der Waals surface area contributed by atoms with Crippen molar-refractivity contribution in [1.82, 2.24) is 4.98 Å². The monoisotopic (exact) mass is 353 g/mol. The standard InChI is InChI=1S/C24H23N3/c1-18-21(22-14-8-9-15-24(22)25-18)16-17-23(19-10-4-2-5-11-19)27-26-20-12-6-3-7-13-20/h2-15,25-26H,16-17H2,1H3/b27-23+. The van der Waals surface area contributed by atoms with Gasteiger partial charge >= 0.3 is 0 Å². The third-order valence-corrected chi connectivity index (χ3v) is 4.84. The molecule has 0 aliphatic heterocycles. The number of nitrogens with one attached hydrogen (secondary N) is 2. The lowest BCUT2D eigenvalue weighted by molar-refractivity contribution is 1.02. The Bertz CT molecular complexity index is 1050. The van der Waals surface area contributed by atoms with E-state index in [-0.39, 0.29) is 0 Å². The summed E-state index contributed by atoms with van der Waals surface area (Å²) in [6, 6.07) is 29.0. The Morgan fingerprint density at radius 2 is 1.52 bits per heavy atom. The molecule has 3 heteroatoms. The van der Waals surface area contributed by atoms with Crippen molar-refractivity contribution >= 4 is 22.3 Å². The minimum absolute atomic E-state index is 0.868. The Morgan fingerprint density at radius 3 is 2.30 bits per heavy atom. The zero-order valence-electron chi connectivity index (χ0n) is 15.4. The van der Waals surface area contributed by atoms with E-state index < -0.39 is 0 Å². The van der Waals surface area contributed by atoms with Crippen LogP contribution >= 0.6 is 0 Å². The van der Waals surface area contributed by atoms with Crippen LogP contribution in [0.2, 0.25) is 0 Å². The van der Waals surface area contributed by atoms with Gasteiger partial charge in [-0.1, -0.05) is 66.7 Å². The van der Waals surface area contributed by atoms with Crippen molar-refractivity contribution in [3.05, 3.63) is 102 Å². The molecule has 0 saturated heterocycles. The average molecular weight is 353 g/mol. The fraction of sp³-hybridized carbons (Fsp3) is 0.125. The molecule has 27 heavy (non-hydrogen) atoms. The molecule has 134 valence electrons. The first-order valence-electron chi connectivity index (χ1n) is 9.30. The summed E-state index contributed by atoms with van der Waals surface area (Å²) in [6.07, 6.45) is 1.81. The van der Waals surface area contributed by atoms with E-state index in [9.17, 15) is 0 Å². The molecule has 0 bridgehead atoms. The number of H-pyrrole nitrogens is 1. The first kappa shape index (κ1) is 17.1. The van der Waals surface area contributed by atoms with Crippen molar-refractivity contribution < 1.29 is 0 Å². The Kier molecular flexibility index (Phi) is 5.01. The molecular formula is C24H23N3. The van der Waals surface area contributed by atoms with Crippen LogP contribution in [-0.2, 0) is 6.42 Å². The molecule has 2 N–H and O–H groups in total. The van der Waals surface area contributed by atoms with E-state index in [1.165, 1.54) is 22.2 Å². The summed E-state index contributed by atoms with van der Waals surface area (Å²) in [5, 5.41) is 6.03. The van der Waals surface area contributed by atoms with Crippen LogP contribution in [-0.4, -0.2) is 10.7 Å². The maximum absolute atomic E-state index is 4.73. The molecule has 4 aromatic rings. The van der Waals surface area contributed by atoms with Crippen molar-refractivity contribution in [2.75, 3.05) is 5.43 Å². The normalized spacial score (nSPS) is 11.7. The lowest BCUT2D eigenvalue weighted by Gasteiger charge is -2.09. The van der Waals surface area contributed by atoms with Crippen molar-refractivity contribution in [1.29, 1.82) is 0 Å². The number of para-hydroxylation sites is 2.